The third kappa shape index (κ3) is 3.80. The van der Waals surface area contributed by atoms with Gasteiger partial charge in [-0.05, 0) is 31.2 Å². The fourth-order valence-electron chi connectivity index (χ4n) is 1.92. The number of ether oxygens (including phenoxy) is 1. The van der Waals surface area contributed by atoms with E-state index in [1.165, 1.54) is 5.56 Å². The van der Waals surface area contributed by atoms with Crippen molar-refractivity contribution in [2.45, 2.75) is 20.0 Å². The van der Waals surface area contributed by atoms with Gasteiger partial charge in [-0.1, -0.05) is 37.3 Å². The molecule has 2 aromatic rings. The molecule has 3 nitrogen and oxygen atoms in total. The Morgan fingerprint density at radius 3 is 2.63 bits per heavy atom. The Labute approximate surface area is 114 Å². The Hall–Kier alpha value is -1.87. The zero-order valence-electron chi connectivity index (χ0n) is 11.5. The maximum Gasteiger partial charge on any atom is 0.141 e. The number of hydrogen-bond acceptors (Lipinski definition) is 3. The van der Waals surface area contributed by atoms with E-state index in [0.29, 0.717) is 0 Å². The van der Waals surface area contributed by atoms with Crippen LogP contribution in [-0.4, -0.2) is 18.1 Å². The molecule has 0 amide bonds. The molecule has 19 heavy (non-hydrogen) atoms. The molecule has 1 atom stereocenters. The second-order valence-electron chi connectivity index (χ2n) is 4.41. The van der Waals surface area contributed by atoms with E-state index in [9.17, 15) is 0 Å². The average Bonchev–Trinajstić information content (AvgIpc) is 2.46. The minimum Gasteiger partial charge on any atom is -0.482 e. The van der Waals surface area contributed by atoms with Crippen molar-refractivity contribution < 1.29 is 4.74 Å². The molecule has 0 radical (unpaired) electrons. The van der Waals surface area contributed by atoms with E-state index in [4.69, 9.17) is 4.74 Å². The van der Waals surface area contributed by atoms with Crippen LogP contribution in [0.15, 0.2) is 48.7 Å². The number of aromatic nitrogens is 1. The van der Waals surface area contributed by atoms with Crippen LogP contribution in [0.25, 0.3) is 0 Å². The summed E-state index contributed by atoms with van der Waals surface area (Å²) in [6.45, 7) is 5.77. The minimum atomic E-state index is 0.00375. The topological polar surface area (TPSA) is 34.1 Å². The number of pyridine rings is 1. The van der Waals surface area contributed by atoms with Crippen LogP contribution in [0.3, 0.4) is 0 Å². The second kappa shape index (κ2) is 6.90. The van der Waals surface area contributed by atoms with E-state index in [1.807, 2.05) is 37.3 Å². The van der Waals surface area contributed by atoms with Crippen LogP contribution < -0.4 is 10.1 Å². The lowest BCUT2D eigenvalue weighted by atomic mass is 10.1. The van der Waals surface area contributed by atoms with Crippen LogP contribution in [0, 0.1) is 6.92 Å². The van der Waals surface area contributed by atoms with Gasteiger partial charge in [0.25, 0.3) is 0 Å². The number of hydrogen-bond donors (Lipinski definition) is 1. The average molecular weight is 256 g/mol. The highest BCUT2D eigenvalue weighted by Gasteiger charge is 2.13. The molecule has 1 aromatic heterocycles. The smallest absolute Gasteiger partial charge is 0.141 e. The molecule has 3 heteroatoms. The van der Waals surface area contributed by atoms with Crippen LogP contribution in [0.2, 0.25) is 0 Å². The normalized spacial score (nSPS) is 12.1. The third-order valence-corrected chi connectivity index (χ3v) is 2.98. The first-order chi connectivity index (χ1) is 9.31. The summed E-state index contributed by atoms with van der Waals surface area (Å²) < 4.78 is 6.11. The zero-order chi connectivity index (χ0) is 13.5. The number of rotatable bonds is 6. The number of nitrogens with zero attached hydrogens (tertiary/aromatic N) is 1. The molecule has 0 saturated carbocycles. The third-order valence-electron chi connectivity index (χ3n) is 2.98. The first-order valence-electron chi connectivity index (χ1n) is 6.65. The Morgan fingerprint density at radius 1 is 1.16 bits per heavy atom. The van der Waals surface area contributed by atoms with Gasteiger partial charge in [-0.25, -0.2) is 0 Å². The molecule has 0 saturated heterocycles. The summed E-state index contributed by atoms with van der Waals surface area (Å²) >= 11 is 0. The molecule has 0 aliphatic heterocycles. The largest absolute Gasteiger partial charge is 0.482 e. The fraction of sp³-hybridized carbons (Fsp3) is 0.312. The lowest BCUT2D eigenvalue weighted by molar-refractivity contribution is 0.200. The molecule has 0 fully saturated rings. The van der Waals surface area contributed by atoms with E-state index in [-0.39, 0.29) is 6.10 Å². The van der Waals surface area contributed by atoms with Crippen molar-refractivity contribution >= 4 is 0 Å². The van der Waals surface area contributed by atoms with Gasteiger partial charge in [0, 0.05) is 12.7 Å². The molecule has 0 spiro atoms. The van der Waals surface area contributed by atoms with Gasteiger partial charge < -0.3 is 10.1 Å². The summed E-state index contributed by atoms with van der Waals surface area (Å²) in [5.41, 5.74) is 2.09. The fourth-order valence-corrected chi connectivity index (χ4v) is 1.92. The van der Waals surface area contributed by atoms with Crippen molar-refractivity contribution in [2.24, 2.45) is 0 Å². The van der Waals surface area contributed by atoms with Gasteiger partial charge in [0.1, 0.15) is 11.9 Å². The van der Waals surface area contributed by atoms with Crippen molar-refractivity contribution in [3.63, 3.8) is 0 Å². The first kappa shape index (κ1) is 13.6. The van der Waals surface area contributed by atoms with Crippen molar-refractivity contribution in [2.75, 3.05) is 13.1 Å². The number of aryl methyl sites for hydroxylation is 1. The molecule has 100 valence electrons. The Balaban J connectivity index is 2.17. The van der Waals surface area contributed by atoms with Gasteiger partial charge in [-0.3, -0.25) is 4.98 Å². The van der Waals surface area contributed by atoms with Gasteiger partial charge in [0.15, 0.2) is 0 Å². The highest BCUT2D eigenvalue weighted by Crippen LogP contribution is 2.23. The lowest BCUT2D eigenvalue weighted by Gasteiger charge is -2.20. The molecular weight excluding hydrogens is 236 g/mol. The van der Waals surface area contributed by atoms with Gasteiger partial charge in [0.05, 0.1) is 5.69 Å². The first-order valence-corrected chi connectivity index (χ1v) is 6.65. The van der Waals surface area contributed by atoms with Crippen molar-refractivity contribution in [1.82, 2.24) is 10.3 Å². The highest BCUT2D eigenvalue weighted by atomic mass is 16.5. The molecular formula is C16H20N2O. The second-order valence-corrected chi connectivity index (χ2v) is 4.41. The maximum atomic E-state index is 6.11. The highest BCUT2D eigenvalue weighted by molar-refractivity contribution is 5.27. The number of nitrogens with one attached hydrogen (secondary N) is 1. The molecule has 0 bridgehead atoms. The molecule has 1 heterocycles. The molecule has 1 N–H and O–H groups in total. The lowest BCUT2D eigenvalue weighted by Crippen LogP contribution is -2.25. The quantitative estimate of drug-likeness (QED) is 0.862. The van der Waals surface area contributed by atoms with E-state index < -0.39 is 0 Å². The summed E-state index contributed by atoms with van der Waals surface area (Å²) in [6.07, 6.45) is 1.79. The summed E-state index contributed by atoms with van der Waals surface area (Å²) in [4.78, 5) is 4.26. The number of benzene rings is 1. The predicted molar refractivity (Wildman–Crippen MR) is 77.3 cm³/mol. The molecule has 1 aromatic carbocycles. The van der Waals surface area contributed by atoms with Crippen molar-refractivity contribution in [3.8, 4) is 5.75 Å². The molecule has 0 aliphatic rings. The maximum absolute atomic E-state index is 6.11. The summed E-state index contributed by atoms with van der Waals surface area (Å²) in [7, 11) is 0. The summed E-state index contributed by atoms with van der Waals surface area (Å²) in [5.74, 6) is 0.842. The molecule has 1 unspecified atom stereocenters. The molecule has 0 aliphatic carbocycles. The van der Waals surface area contributed by atoms with E-state index in [1.54, 1.807) is 6.20 Å². The van der Waals surface area contributed by atoms with Crippen LogP contribution in [-0.2, 0) is 0 Å². The van der Waals surface area contributed by atoms with Crippen molar-refractivity contribution in [3.05, 3.63) is 59.9 Å². The summed E-state index contributed by atoms with van der Waals surface area (Å²) in [5, 5.41) is 3.34. The van der Waals surface area contributed by atoms with Gasteiger partial charge in [-0.15, -0.1) is 0 Å². The van der Waals surface area contributed by atoms with Crippen LogP contribution in [0.4, 0.5) is 0 Å². The van der Waals surface area contributed by atoms with Crippen molar-refractivity contribution in [1.29, 1.82) is 0 Å². The SMILES string of the molecule is CCNCC(Oc1cccnc1C)c1ccccc1. The van der Waals surface area contributed by atoms with Gasteiger partial charge in [-0.2, -0.15) is 0 Å². The molecule has 2 rings (SSSR count). The van der Waals surface area contributed by atoms with E-state index >= 15 is 0 Å². The van der Waals surface area contributed by atoms with Crippen LogP contribution >= 0.6 is 0 Å². The monoisotopic (exact) mass is 256 g/mol. The Bertz CT molecular complexity index is 499. The van der Waals surface area contributed by atoms with E-state index in [2.05, 4.69) is 29.4 Å². The zero-order valence-corrected chi connectivity index (χ0v) is 11.5. The van der Waals surface area contributed by atoms with Gasteiger partial charge in [0.2, 0.25) is 0 Å². The minimum absolute atomic E-state index is 0.00375. The van der Waals surface area contributed by atoms with Gasteiger partial charge >= 0.3 is 0 Å². The van der Waals surface area contributed by atoms with E-state index in [0.717, 1.165) is 24.5 Å². The summed E-state index contributed by atoms with van der Waals surface area (Å²) in [6, 6.07) is 14.1. The van der Waals surface area contributed by atoms with Crippen LogP contribution in [0.5, 0.6) is 5.75 Å². The Morgan fingerprint density at radius 2 is 1.95 bits per heavy atom. The van der Waals surface area contributed by atoms with Crippen LogP contribution in [0.1, 0.15) is 24.3 Å². The standard InChI is InChI=1S/C16H20N2O/c1-3-17-12-16(14-8-5-4-6-9-14)19-15-10-7-11-18-13(15)2/h4-11,16-17H,3,12H2,1-2H3. The number of likely N-dealkylation sites (N-methyl/N-ethyl adjacent to an activating group) is 1. The Kier molecular flexibility index (Phi) is 4.93. The predicted octanol–water partition coefficient (Wildman–Crippen LogP) is 3.12.